The van der Waals surface area contributed by atoms with Crippen molar-refractivity contribution >= 4 is 27.5 Å². The molecule has 0 atom stereocenters. The highest BCUT2D eigenvalue weighted by molar-refractivity contribution is 7.16. The van der Waals surface area contributed by atoms with Crippen molar-refractivity contribution < 1.29 is 9.53 Å². The smallest absolute Gasteiger partial charge is 0.308 e. The van der Waals surface area contributed by atoms with E-state index in [-0.39, 0.29) is 11.4 Å². The SMILES string of the molecule is CCOc1ccc2c(c1)sc(=O)n2CC(N)=O. The Morgan fingerprint density at radius 1 is 1.53 bits per heavy atom. The molecule has 1 heterocycles. The second-order valence-corrected chi connectivity index (χ2v) is 4.48. The molecule has 2 aromatic rings. The van der Waals surface area contributed by atoms with E-state index in [1.165, 1.54) is 4.57 Å². The molecule has 1 amide bonds. The fourth-order valence-electron chi connectivity index (χ4n) is 1.61. The highest BCUT2D eigenvalue weighted by Crippen LogP contribution is 2.23. The third-order valence-corrected chi connectivity index (χ3v) is 3.21. The lowest BCUT2D eigenvalue weighted by Crippen LogP contribution is -2.24. The predicted octanol–water partition coefficient (Wildman–Crippen LogP) is 0.947. The van der Waals surface area contributed by atoms with Gasteiger partial charge in [0.2, 0.25) is 5.91 Å². The van der Waals surface area contributed by atoms with Crippen LogP contribution < -0.4 is 15.3 Å². The number of carbonyl (C=O) groups excluding carboxylic acids is 1. The molecule has 0 aliphatic heterocycles. The van der Waals surface area contributed by atoms with E-state index in [1.807, 2.05) is 6.92 Å². The molecular weight excluding hydrogens is 240 g/mol. The standard InChI is InChI=1S/C11H12N2O3S/c1-2-16-7-3-4-8-9(5-7)17-11(15)13(8)6-10(12)14/h3-5H,2,6H2,1H3,(H2,12,14). The molecule has 0 aliphatic rings. The third-order valence-electron chi connectivity index (χ3n) is 2.26. The quantitative estimate of drug-likeness (QED) is 0.880. The maximum atomic E-state index is 11.7. The minimum Gasteiger partial charge on any atom is -0.494 e. The molecule has 0 saturated heterocycles. The van der Waals surface area contributed by atoms with E-state index in [0.29, 0.717) is 17.9 Å². The molecule has 1 aromatic heterocycles. The first-order chi connectivity index (χ1) is 8.11. The number of fused-ring (bicyclic) bond motifs is 1. The van der Waals surface area contributed by atoms with Crippen LogP contribution in [0.5, 0.6) is 5.75 Å². The number of nitrogens with two attached hydrogens (primary N) is 1. The molecule has 0 fully saturated rings. The number of hydrogen-bond acceptors (Lipinski definition) is 4. The van der Waals surface area contributed by atoms with Gasteiger partial charge in [0.05, 0.1) is 16.8 Å². The van der Waals surface area contributed by atoms with Crippen LogP contribution in [0.15, 0.2) is 23.0 Å². The van der Waals surface area contributed by atoms with E-state index < -0.39 is 5.91 Å². The number of primary amides is 1. The van der Waals surface area contributed by atoms with Crippen LogP contribution in [0.25, 0.3) is 10.2 Å². The fraction of sp³-hybridized carbons (Fsp3) is 0.273. The summed E-state index contributed by atoms with van der Waals surface area (Å²) in [6.45, 7) is 2.38. The predicted molar refractivity (Wildman–Crippen MR) is 66.4 cm³/mol. The lowest BCUT2D eigenvalue weighted by Gasteiger charge is -2.03. The van der Waals surface area contributed by atoms with Gasteiger partial charge in [-0.05, 0) is 25.1 Å². The number of rotatable bonds is 4. The Morgan fingerprint density at radius 3 is 2.94 bits per heavy atom. The van der Waals surface area contributed by atoms with E-state index >= 15 is 0 Å². The average molecular weight is 252 g/mol. The van der Waals surface area contributed by atoms with Gasteiger partial charge < -0.3 is 10.5 Å². The second kappa shape index (κ2) is 4.58. The Bertz CT molecular complexity index is 615. The van der Waals surface area contributed by atoms with Gasteiger partial charge in [0.25, 0.3) is 0 Å². The van der Waals surface area contributed by atoms with E-state index in [2.05, 4.69) is 0 Å². The van der Waals surface area contributed by atoms with Gasteiger partial charge in [0, 0.05) is 0 Å². The van der Waals surface area contributed by atoms with Crippen molar-refractivity contribution in [3.05, 3.63) is 27.9 Å². The molecule has 17 heavy (non-hydrogen) atoms. The summed E-state index contributed by atoms with van der Waals surface area (Å²) in [5.41, 5.74) is 5.81. The Labute approximate surface area is 101 Å². The Kier molecular flexibility index (Phi) is 3.14. The molecule has 1 aromatic carbocycles. The molecule has 90 valence electrons. The van der Waals surface area contributed by atoms with Gasteiger partial charge in [0.1, 0.15) is 12.3 Å². The number of ether oxygens (including phenoxy) is 1. The topological polar surface area (TPSA) is 74.3 Å². The highest BCUT2D eigenvalue weighted by Gasteiger charge is 2.10. The number of hydrogen-bond donors (Lipinski definition) is 1. The van der Waals surface area contributed by atoms with Gasteiger partial charge >= 0.3 is 4.87 Å². The van der Waals surface area contributed by atoms with Crippen molar-refractivity contribution in [3.63, 3.8) is 0 Å². The van der Waals surface area contributed by atoms with Crippen LogP contribution in [-0.4, -0.2) is 17.1 Å². The van der Waals surface area contributed by atoms with Crippen LogP contribution >= 0.6 is 11.3 Å². The van der Waals surface area contributed by atoms with Gasteiger partial charge in [-0.25, -0.2) is 0 Å². The zero-order valence-corrected chi connectivity index (χ0v) is 10.1. The Hall–Kier alpha value is -1.82. The van der Waals surface area contributed by atoms with Gasteiger partial charge in [-0.15, -0.1) is 0 Å². The number of amides is 1. The Balaban J connectivity index is 2.52. The first-order valence-electron chi connectivity index (χ1n) is 5.16. The van der Waals surface area contributed by atoms with Crippen molar-refractivity contribution in [2.45, 2.75) is 13.5 Å². The van der Waals surface area contributed by atoms with Crippen molar-refractivity contribution in [2.24, 2.45) is 5.73 Å². The average Bonchev–Trinajstić information content (AvgIpc) is 2.55. The molecular formula is C11H12N2O3S. The summed E-state index contributed by atoms with van der Waals surface area (Å²) in [7, 11) is 0. The van der Waals surface area contributed by atoms with Crippen LogP contribution in [0, 0.1) is 0 Å². The zero-order chi connectivity index (χ0) is 12.4. The molecule has 0 unspecified atom stereocenters. The maximum absolute atomic E-state index is 11.7. The van der Waals surface area contributed by atoms with Gasteiger partial charge in [-0.3, -0.25) is 14.2 Å². The molecule has 2 N–H and O–H groups in total. The van der Waals surface area contributed by atoms with Crippen molar-refractivity contribution in [3.8, 4) is 5.75 Å². The van der Waals surface area contributed by atoms with Crippen LogP contribution in [0.3, 0.4) is 0 Å². The van der Waals surface area contributed by atoms with E-state index in [1.54, 1.807) is 18.2 Å². The summed E-state index contributed by atoms with van der Waals surface area (Å²) in [5.74, 6) is 0.188. The van der Waals surface area contributed by atoms with E-state index in [0.717, 1.165) is 16.0 Å². The fourth-order valence-corrected chi connectivity index (χ4v) is 2.53. The minimum absolute atomic E-state index is 0.0905. The molecule has 0 radical (unpaired) electrons. The Morgan fingerprint density at radius 2 is 2.29 bits per heavy atom. The molecule has 5 nitrogen and oxygen atoms in total. The molecule has 0 saturated carbocycles. The van der Waals surface area contributed by atoms with E-state index in [4.69, 9.17) is 10.5 Å². The summed E-state index contributed by atoms with van der Waals surface area (Å²) in [5, 5.41) is 0. The number of aromatic nitrogens is 1. The first-order valence-corrected chi connectivity index (χ1v) is 5.98. The van der Waals surface area contributed by atoms with Crippen molar-refractivity contribution in [1.82, 2.24) is 4.57 Å². The number of thiazole rings is 1. The van der Waals surface area contributed by atoms with Gasteiger partial charge in [-0.2, -0.15) is 0 Å². The molecule has 0 spiro atoms. The van der Waals surface area contributed by atoms with Crippen molar-refractivity contribution in [1.29, 1.82) is 0 Å². The van der Waals surface area contributed by atoms with Crippen molar-refractivity contribution in [2.75, 3.05) is 6.61 Å². The second-order valence-electron chi connectivity index (χ2n) is 3.48. The number of nitrogens with zero attached hydrogens (tertiary/aromatic N) is 1. The monoisotopic (exact) mass is 252 g/mol. The van der Waals surface area contributed by atoms with Crippen LogP contribution in [0.4, 0.5) is 0 Å². The molecule has 6 heteroatoms. The maximum Gasteiger partial charge on any atom is 0.308 e. The summed E-state index contributed by atoms with van der Waals surface area (Å²) in [4.78, 5) is 22.4. The molecule has 2 rings (SSSR count). The number of benzene rings is 1. The van der Waals surface area contributed by atoms with Crippen LogP contribution in [-0.2, 0) is 11.3 Å². The lowest BCUT2D eigenvalue weighted by atomic mass is 10.3. The zero-order valence-electron chi connectivity index (χ0n) is 9.30. The number of carbonyl (C=O) groups is 1. The normalized spacial score (nSPS) is 10.6. The largest absolute Gasteiger partial charge is 0.494 e. The molecule has 0 aliphatic carbocycles. The van der Waals surface area contributed by atoms with Gasteiger partial charge in [-0.1, -0.05) is 11.3 Å². The summed E-state index contributed by atoms with van der Waals surface area (Å²) < 4.78 is 7.51. The first kappa shape index (κ1) is 11.7. The van der Waals surface area contributed by atoms with Gasteiger partial charge in [0.15, 0.2) is 0 Å². The summed E-state index contributed by atoms with van der Waals surface area (Å²) in [6.07, 6.45) is 0. The van der Waals surface area contributed by atoms with Crippen LogP contribution in [0.2, 0.25) is 0 Å². The summed E-state index contributed by atoms with van der Waals surface area (Å²) in [6, 6.07) is 5.33. The lowest BCUT2D eigenvalue weighted by molar-refractivity contribution is -0.118. The summed E-state index contributed by atoms with van der Waals surface area (Å²) >= 11 is 1.08. The highest BCUT2D eigenvalue weighted by atomic mass is 32.1. The van der Waals surface area contributed by atoms with E-state index in [9.17, 15) is 9.59 Å². The molecule has 0 bridgehead atoms. The third kappa shape index (κ3) is 2.31. The minimum atomic E-state index is -0.527. The van der Waals surface area contributed by atoms with Crippen LogP contribution in [0.1, 0.15) is 6.92 Å².